The summed E-state index contributed by atoms with van der Waals surface area (Å²) in [5.41, 5.74) is -0.358. The van der Waals surface area contributed by atoms with Gasteiger partial charge in [0.1, 0.15) is 5.60 Å². The van der Waals surface area contributed by atoms with Gasteiger partial charge in [0.25, 0.3) is 5.92 Å². The maximum absolute atomic E-state index is 13.8. The largest absolute Gasteiger partial charge is 0.379 e. The number of carbonyl (C=O) groups excluding carboxylic acids is 1. The highest BCUT2D eigenvalue weighted by Crippen LogP contribution is 2.47. The van der Waals surface area contributed by atoms with Gasteiger partial charge in [0.2, 0.25) is 0 Å². The van der Waals surface area contributed by atoms with Crippen LogP contribution >= 0.6 is 0 Å². The Morgan fingerprint density at radius 1 is 1.09 bits per heavy atom. The quantitative estimate of drug-likeness (QED) is 0.399. The van der Waals surface area contributed by atoms with Gasteiger partial charge in [-0.15, -0.1) is 0 Å². The van der Waals surface area contributed by atoms with Gasteiger partial charge in [0.05, 0.1) is 0 Å². The van der Waals surface area contributed by atoms with Crippen LogP contribution in [0.3, 0.4) is 0 Å². The van der Waals surface area contributed by atoms with E-state index in [4.69, 9.17) is 0 Å². The van der Waals surface area contributed by atoms with Crippen molar-refractivity contribution in [1.29, 1.82) is 0 Å². The third kappa shape index (κ3) is 5.40. The Morgan fingerprint density at radius 3 is 2.26 bits per heavy atom. The first-order chi connectivity index (χ1) is 16.0. The molecule has 0 radical (unpaired) electrons. The molecule has 2 aromatic rings. The SMILES string of the molecule is CC1(c2ccccn2)CCC(C(CC(=O)c2ccc([C@](C)(O)C(C)(F)F)cc2)CC2CC2)CC1. The fourth-order valence-electron chi connectivity index (χ4n) is 5.54. The summed E-state index contributed by atoms with van der Waals surface area (Å²) in [6, 6.07) is 12.2. The molecule has 2 aliphatic carbocycles. The molecule has 0 bridgehead atoms. The van der Waals surface area contributed by atoms with Crippen LogP contribution in [0, 0.1) is 17.8 Å². The van der Waals surface area contributed by atoms with Crippen LogP contribution in [-0.2, 0) is 11.0 Å². The second kappa shape index (κ2) is 9.49. The van der Waals surface area contributed by atoms with Crippen molar-refractivity contribution in [2.45, 2.75) is 89.1 Å². The Balaban J connectivity index is 1.42. The first-order valence-electron chi connectivity index (χ1n) is 12.6. The van der Waals surface area contributed by atoms with Gasteiger partial charge in [-0.2, -0.15) is 0 Å². The summed E-state index contributed by atoms with van der Waals surface area (Å²) in [4.78, 5) is 17.8. The molecule has 0 amide bonds. The van der Waals surface area contributed by atoms with Crippen LogP contribution in [0.25, 0.3) is 0 Å². The van der Waals surface area contributed by atoms with Crippen molar-refractivity contribution in [2.24, 2.45) is 17.8 Å². The fourth-order valence-corrected chi connectivity index (χ4v) is 5.54. The Labute approximate surface area is 202 Å². The van der Waals surface area contributed by atoms with Crippen molar-refractivity contribution in [3.8, 4) is 0 Å². The summed E-state index contributed by atoms with van der Waals surface area (Å²) in [6.45, 7) is 4.12. The van der Waals surface area contributed by atoms with E-state index >= 15 is 0 Å². The molecule has 1 unspecified atom stereocenters. The highest BCUT2D eigenvalue weighted by Gasteiger charge is 2.46. The number of hydrogen-bond donors (Lipinski definition) is 1. The van der Waals surface area contributed by atoms with Crippen LogP contribution in [0.4, 0.5) is 8.78 Å². The number of aromatic nitrogens is 1. The van der Waals surface area contributed by atoms with Crippen LogP contribution in [0.2, 0.25) is 0 Å². The Bertz CT molecular complexity index is 969. The molecule has 2 aliphatic rings. The van der Waals surface area contributed by atoms with Gasteiger partial charge in [-0.1, -0.05) is 50.1 Å². The second-order valence-electron chi connectivity index (χ2n) is 11.2. The number of halogens is 2. The predicted molar refractivity (Wildman–Crippen MR) is 130 cm³/mol. The minimum atomic E-state index is -3.28. The lowest BCUT2D eigenvalue weighted by atomic mass is 9.65. The number of carbonyl (C=O) groups is 1. The van der Waals surface area contributed by atoms with E-state index in [9.17, 15) is 18.7 Å². The third-order valence-electron chi connectivity index (χ3n) is 8.49. The van der Waals surface area contributed by atoms with Crippen molar-refractivity contribution in [2.75, 3.05) is 0 Å². The maximum atomic E-state index is 13.8. The summed E-state index contributed by atoms with van der Waals surface area (Å²) in [7, 11) is 0. The second-order valence-corrected chi connectivity index (χ2v) is 11.2. The van der Waals surface area contributed by atoms with E-state index in [2.05, 4.69) is 24.0 Å². The lowest BCUT2D eigenvalue weighted by molar-refractivity contribution is -0.165. The minimum Gasteiger partial charge on any atom is -0.379 e. The number of hydrogen-bond acceptors (Lipinski definition) is 3. The molecule has 0 spiro atoms. The van der Waals surface area contributed by atoms with Gasteiger partial charge in [0.15, 0.2) is 5.78 Å². The van der Waals surface area contributed by atoms with E-state index in [1.165, 1.54) is 25.0 Å². The number of alkyl halides is 2. The summed E-state index contributed by atoms with van der Waals surface area (Å²) >= 11 is 0. The highest BCUT2D eigenvalue weighted by atomic mass is 19.3. The van der Waals surface area contributed by atoms with Crippen LogP contribution in [0.5, 0.6) is 0 Å². The molecule has 1 aromatic carbocycles. The van der Waals surface area contributed by atoms with Crippen LogP contribution in [0.15, 0.2) is 48.7 Å². The van der Waals surface area contributed by atoms with Crippen molar-refractivity contribution in [3.63, 3.8) is 0 Å². The lowest BCUT2D eigenvalue weighted by Crippen LogP contribution is -2.40. The Kier molecular flexibility index (Phi) is 6.97. The smallest absolute Gasteiger partial charge is 0.277 e. The molecule has 2 fully saturated rings. The number of ketones is 1. The predicted octanol–water partition coefficient (Wildman–Crippen LogP) is 7.08. The molecule has 184 valence electrons. The molecule has 3 nitrogen and oxygen atoms in total. The summed E-state index contributed by atoms with van der Waals surface area (Å²) < 4.78 is 27.6. The van der Waals surface area contributed by atoms with Gasteiger partial charge >= 0.3 is 0 Å². The zero-order chi connectivity index (χ0) is 24.6. The van der Waals surface area contributed by atoms with E-state index in [-0.39, 0.29) is 16.8 Å². The lowest BCUT2D eigenvalue weighted by Gasteiger charge is -2.40. The average molecular weight is 470 g/mol. The molecule has 1 N–H and O–H groups in total. The summed E-state index contributed by atoms with van der Waals surface area (Å²) in [5, 5.41) is 10.3. The molecule has 4 rings (SSSR count). The summed E-state index contributed by atoms with van der Waals surface area (Å²) in [6.07, 6.45) is 10.4. The van der Waals surface area contributed by atoms with E-state index in [0.717, 1.165) is 50.6 Å². The number of Topliss-reactive ketones (excluding diaryl/α,β-unsaturated/α-hetero) is 1. The maximum Gasteiger partial charge on any atom is 0.277 e. The molecule has 34 heavy (non-hydrogen) atoms. The van der Waals surface area contributed by atoms with Gasteiger partial charge in [-0.3, -0.25) is 9.78 Å². The van der Waals surface area contributed by atoms with Gasteiger partial charge in [-0.25, -0.2) is 8.78 Å². The first-order valence-corrected chi connectivity index (χ1v) is 12.6. The molecule has 5 heteroatoms. The number of nitrogens with zero attached hydrogens (tertiary/aromatic N) is 1. The molecule has 0 aliphatic heterocycles. The van der Waals surface area contributed by atoms with Gasteiger partial charge in [-0.05, 0) is 74.5 Å². The normalized spacial score (nSPS) is 26.0. The number of pyridine rings is 1. The molecule has 1 aromatic heterocycles. The van der Waals surface area contributed by atoms with Crippen molar-refractivity contribution in [3.05, 3.63) is 65.5 Å². The first kappa shape index (κ1) is 25.0. The molecule has 0 saturated heterocycles. The minimum absolute atomic E-state index is 0.0677. The van der Waals surface area contributed by atoms with Crippen molar-refractivity contribution < 1.29 is 18.7 Å². The zero-order valence-corrected chi connectivity index (χ0v) is 20.6. The Hall–Kier alpha value is -2.14. The van der Waals surface area contributed by atoms with Crippen LogP contribution in [-0.4, -0.2) is 21.8 Å². The number of rotatable bonds is 9. The standard InChI is InChI=1S/C29H37F2NO2/c1-27(26-6-4-5-17-32-26)15-13-21(14-16-27)23(18-20-7-8-20)19-25(33)22-9-11-24(12-10-22)28(2,34)29(3,30)31/h4-6,9-12,17,20-21,23,34H,7-8,13-16,18-19H2,1-3H3/t21?,23?,27?,28-/m0/s1. The number of aliphatic hydroxyl groups is 1. The van der Waals surface area contributed by atoms with Crippen LogP contribution in [0.1, 0.15) is 93.8 Å². The van der Waals surface area contributed by atoms with E-state index in [0.29, 0.717) is 30.7 Å². The Morgan fingerprint density at radius 2 is 1.74 bits per heavy atom. The zero-order valence-electron chi connectivity index (χ0n) is 20.6. The average Bonchev–Trinajstić information content (AvgIpc) is 3.63. The number of benzene rings is 1. The fraction of sp³-hybridized carbons (Fsp3) is 0.586. The molecule has 1 heterocycles. The highest BCUT2D eigenvalue weighted by molar-refractivity contribution is 5.96. The molecular weight excluding hydrogens is 432 g/mol. The van der Waals surface area contributed by atoms with Crippen molar-refractivity contribution in [1.82, 2.24) is 4.98 Å². The van der Waals surface area contributed by atoms with Gasteiger partial charge < -0.3 is 5.11 Å². The monoisotopic (exact) mass is 469 g/mol. The molecule has 2 atom stereocenters. The van der Waals surface area contributed by atoms with E-state index in [1.54, 1.807) is 12.1 Å². The topological polar surface area (TPSA) is 50.2 Å². The van der Waals surface area contributed by atoms with Crippen LogP contribution < -0.4 is 0 Å². The van der Waals surface area contributed by atoms with E-state index in [1.807, 2.05) is 12.3 Å². The molecule has 2 saturated carbocycles. The van der Waals surface area contributed by atoms with E-state index < -0.39 is 11.5 Å². The summed E-state index contributed by atoms with van der Waals surface area (Å²) in [5.74, 6) is -1.58. The van der Waals surface area contributed by atoms with Crippen molar-refractivity contribution >= 4 is 5.78 Å². The third-order valence-corrected chi connectivity index (χ3v) is 8.49. The van der Waals surface area contributed by atoms with Gasteiger partial charge in [0, 0.05) is 36.2 Å². The molecular formula is C29H37F2NO2.